The number of aldehydes is 1. The van der Waals surface area contributed by atoms with E-state index in [1.807, 2.05) is 0 Å². The van der Waals surface area contributed by atoms with Crippen LogP contribution in [0.25, 0.3) is 0 Å². The largest absolute Gasteiger partial charge is 0.298 e. The number of hydrogen-bond donors (Lipinski definition) is 0. The van der Waals surface area contributed by atoms with Gasteiger partial charge in [0, 0.05) is 0 Å². The zero-order chi connectivity index (χ0) is 11.5. The summed E-state index contributed by atoms with van der Waals surface area (Å²) in [5.41, 5.74) is 2.41. The Hall–Kier alpha value is -0.590. The molecule has 0 atom stereocenters. The van der Waals surface area contributed by atoms with Crippen molar-refractivity contribution >= 4 is 6.29 Å². The molecule has 0 fully saturated rings. The molecule has 0 unspecified atom stereocenters. The van der Waals surface area contributed by atoms with Crippen LogP contribution in [0, 0.1) is 0 Å². The molecular formula is C14H26O. The van der Waals surface area contributed by atoms with Gasteiger partial charge >= 0.3 is 0 Å². The van der Waals surface area contributed by atoms with Crippen LogP contribution in [-0.4, -0.2) is 6.29 Å². The number of carbonyl (C=O) groups is 1. The third-order valence-electron chi connectivity index (χ3n) is 2.99. The molecule has 0 rings (SSSR count). The molecule has 0 aromatic carbocycles. The van der Waals surface area contributed by atoms with Crippen molar-refractivity contribution in [3.8, 4) is 0 Å². The molecule has 0 heterocycles. The molecule has 0 bridgehead atoms. The zero-order valence-electron chi connectivity index (χ0n) is 10.6. The lowest BCUT2D eigenvalue weighted by Gasteiger charge is -2.07. The summed E-state index contributed by atoms with van der Waals surface area (Å²) in [6, 6.07) is 0. The Balaban J connectivity index is 3.89. The topological polar surface area (TPSA) is 17.1 Å². The smallest absolute Gasteiger partial charge is 0.145 e. The van der Waals surface area contributed by atoms with Gasteiger partial charge in [0.05, 0.1) is 0 Å². The quantitative estimate of drug-likeness (QED) is 0.307. The Labute approximate surface area is 95.0 Å². The van der Waals surface area contributed by atoms with Crippen molar-refractivity contribution in [1.82, 2.24) is 0 Å². The molecule has 0 saturated carbocycles. The second kappa shape index (κ2) is 9.95. The van der Waals surface area contributed by atoms with Crippen LogP contribution in [0.5, 0.6) is 0 Å². The van der Waals surface area contributed by atoms with Gasteiger partial charge in [-0.25, -0.2) is 0 Å². The predicted molar refractivity (Wildman–Crippen MR) is 67.0 cm³/mol. The highest BCUT2D eigenvalue weighted by Gasteiger charge is 2.02. The lowest BCUT2D eigenvalue weighted by molar-refractivity contribution is -0.105. The molecule has 0 saturated heterocycles. The minimum absolute atomic E-state index is 0.891. The second-order valence-corrected chi connectivity index (χ2v) is 4.12. The van der Waals surface area contributed by atoms with E-state index in [4.69, 9.17) is 0 Å². The molecule has 0 amide bonds. The third-order valence-corrected chi connectivity index (χ3v) is 2.99. The van der Waals surface area contributed by atoms with E-state index >= 15 is 0 Å². The summed E-state index contributed by atoms with van der Waals surface area (Å²) >= 11 is 0. The van der Waals surface area contributed by atoms with Gasteiger partial charge in [0.2, 0.25) is 0 Å². The monoisotopic (exact) mass is 210 g/mol. The first-order valence-electron chi connectivity index (χ1n) is 6.46. The van der Waals surface area contributed by atoms with Gasteiger partial charge in [0.25, 0.3) is 0 Å². The Morgan fingerprint density at radius 2 is 1.60 bits per heavy atom. The molecule has 0 N–H and O–H groups in total. The molecule has 0 aromatic heterocycles. The Bertz CT molecular complexity index is 192. The van der Waals surface area contributed by atoms with E-state index in [1.165, 1.54) is 37.7 Å². The molecule has 88 valence electrons. The summed E-state index contributed by atoms with van der Waals surface area (Å²) in [6.07, 6.45) is 10.7. The van der Waals surface area contributed by atoms with E-state index in [1.54, 1.807) is 0 Å². The highest BCUT2D eigenvalue weighted by atomic mass is 16.1. The van der Waals surface area contributed by atoms with Crippen LogP contribution >= 0.6 is 0 Å². The molecular weight excluding hydrogens is 184 g/mol. The van der Waals surface area contributed by atoms with E-state index in [-0.39, 0.29) is 0 Å². The van der Waals surface area contributed by atoms with Gasteiger partial charge in [0.1, 0.15) is 6.29 Å². The van der Waals surface area contributed by atoms with E-state index in [2.05, 4.69) is 20.8 Å². The third kappa shape index (κ3) is 6.48. The molecule has 15 heavy (non-hydrogen) atoms. The highest BCUT2D eigenvalue weighted by molar-refractivity contribution is 5.74. The second-order valence-electron chi connectivity index (χ2n) is 4.12. The maximum absolute atomic E-state index is 10.8. The molecule has 0 aliphatic carbocycles. The van der Waals surface area contributed by atoms with Crippen LogP contribution in [0.4, 0.5) is 0 Å². The molecule has 0 aliphatic rings. The number of hydrogen-bond acceptors (Lipinski definition) is 1. The first-order valence-corrected chi connectivity index (χ1v) is 6.46. The molecule has 0 radical (unpaired) electrons. The molecule has 0 spiro atoms. The number of carbonyl (C=O) groups excluding carboxylic acids is 1. The van der Waals surface area contributed by atoms with Gasteiger partial charge in [-0.3, -0.25) is 4.79 Å². The van der Waals surface area contributed by atoms with E-state index in [9.17, 15) is 4.79 Å². The maximum atomic E-state index is 10.8. The number of unbranched alkanes of at least 4 members (excludes halogenated alkanes) is 4. The van der Waals surface area contributed by atoms with Crippen molar-refractivity contribution in [2.24, 2.45) is 0 Å². The Kier molecular flexibility index (Phi) is 9.55. The average molecular weight is 210 g/mol. The lowest BCUT2D eigenvalue weighted by Crippen LogP contribution is -1.93. The fourth-order valence-electron chi connectivity index (χ4n) is 1.92. The van der Waals surface area contributed by atoms with Gasteiger partial charge in [-0.1, -0.05) is 52.0 Å². The number of allylic oxidation sites excluding steroid dienone is 2. The van der Waals surface area contributed by atoms with Crippen molar-refractivity contribution < 1.29 is 4.79 Å². The van der Waals surface area contributed by atoms with Crippen LogP contribution in [0.3, 0.4) is 0 Å². The fourth-order valence-corrected chi connectivity index (χ4v) is 1.92. The van der Waals surface area contributed by atoms with Crippen molar-refractivity contribution in [1.29, 1.82) is 0 Å². The van der Waals surface area contributed by atoms with E-state index in [0.717, 1.165) is 31.1 Å². The van der Waals surface area contributed by atoms with Crippen LogP contribution in [0.2, 0.25) is 0 Å². The van der Waals surface area contributed by atoms with E-state index in [0.29, 0.717) is 0 Å². The Morgan fingerprint density at radius 3 is 2.07 bits per heavy atom. The van der Waals surface area contributed by atoms with Gasteiger partial charge in [-0.2, -0.15) is 0 Å². The van der Waals surface area contributed by atoms with Gasteiger partial charge in [0.15, 0.2) is 0 Å². The van der Waals surface area contributed by atoms with Crippen molar-refractivity contribution in [3.05, 3.63) is 11.1 Å². The molecule has 1 heteroatoms. The van der Waals surface area contributed by atoms with E-state index < -0.39 is 0 Å². The summed E-state index contributed by atoms with van der Waals surface area (Å²) in [7, 11) is 0. The molecule has 0 aromatic rings. The maximum Gasteiger partial charge on any atom is 0.145 e. The standard InChI is InChI=1S/C14H26O/c1-4-7-8-9-10-11-13(5-2)14(6-3)12-15/h12H,4-11H2,1-3H3. The van der Waals surface area contributed by atoms with Gasteiger partial charge in [-0.15, -0.1) is 0 Å². The van der Waals surface area contributed by atoms with Crippen LogP contribution in [0.15, 0.2) is 11.1 Å². The molecule has 1 nitrogen and oxygen atoms in total. The van der Waals surface area contributed by atoms with Crippen LogP contribution < -0.4 is 0 Å². The van der Waals surface area contributed by atoms with Gasteiger partial charge < -0.3 is 0 Å². The first-order chi connectivity index (χ1) is 7.29. The SMILES string of the molecule is CCCCCCCC(CC)=C(C=O)CC. The Morgan fingerprint density at radius 1 is 0.933 bits per heavy atom. The minimum Gasteiger partial charge on any atom is -0.298 e. The average Bonchev–Trinajstić information content (AvgIpc) is 2.27. The van der Waals surface area contributed by atoms with Crippen molar-refractivity contribution in [2.45, 2.75) is 72.1 Å². The van der Waals surface area contributed by atoms with Gasteiger partial charge in [-0.05, 0) is 31.3 Å². The summed E-state index contributed by atoms with van der Waals surface area (Å²) < 4.78 is 0. The van der Waals surface area contributed by atoms with Crippen LogP contribution in [0.1, 0.15) is 72.1 Å². The lowest BCUT2D eigenvalue weighted by atomic mass is 9.98. The zero-order valence-corrected chi connectivity index (χ0v) is 10.6. The predicted octanol–water partition coefficient (Wildman–Crippen LogP) is 4.66. The summed E-state index contributed by atoms with van der Waals surface area (Å²) in [5, 5.41) is 0. The highest BCUT2D eigenvalue weighted by Crippen LogP contribution is 2.18. The first kappa shape index (κ1) is 14.4. The fraction of sp³-hybridized carbons (Fsp3) is 0.786. The summed E-state index contributed by atoms with van der Waals surface area (Å²) in [4.78, 5) is 10.8. The minimum atomic E-state index is 0.891. The van der Waals surface area contributed by atoms with Crippen LogP contribution in [-0.2, 0) is 4.79 Å². The number of rotatable bonds is 9. The van der Waals surface area contributed by atoms with Crippen molar-refractivity contribution in [3.63, 3.8) is 0 Å². The molecule has 0 aliphatic heterocycles. The summed E-state index contributed by atoms with van der Waals surface area (Å²) in [6.45, 7) is 6.45. The summed E-state index contributed by atoms with van der Waals surface area (Å²) in [5.74, 6) is 0. The normalized spacial score (nSPS) is 12.5. The van der Waals surface area contributed by atoms with Crippen molar-refractivity contribution in [2.75, 3.05) is 0 Å².